The lowest BCUT2D eigenvalue weighted by Crippen LogP contribution is -2.50. The van der Waals surface area contributed by atoms with E-state index >= 15 is 0 Å². The van der Waals surface area contributed by atoms with Crippen LogP contribution < -0.4 is 21.9 Å². The largest absolute Gasteiger partial charge is 0.377 e. The summed E-state index contributed by atoms with van der Waals surface area (Å²) in [5.74, 6) is 0.544. The van der Waals surface area contributed by atoms with Crippen LogP contribution in [0, 0.1) is 0 Å². The molecule has 3 rings (SSSR count). The third-order valence-electron chi connectivity index (χ3n) is 3.85. The Bertz CT molecular complexity index is 789. The summed E-state index contributed by atoms with van der Waals surface area (Å²) >= 11 is 0. The van der Waals surface area contributed by atoms with E-state index in [0.717, 1.165) is 4.57 Å². The number of aryl methyl sites for hydroxylation is 1. The molecule has 3 heterocycles. The van der Waals surface area contributed by atoms with Crippen LogP contribution in [0.4, 0.5) is 5.95 Å². The minimum atomic E-state index is -0.400. The van der Waals surface area contributed by atoms with Gasteiger partial charge in [-0.2, -0.15) is 4.98 Å². The van der Waals surface area contributed by atoms with E-state index in [1.165, 1.54) is 11.6 Å². The van der Waals surface area contributed by atoms with Crippen LogP contribution >= 0.6 is 0 Å². The molecule has 0 radical (unpaired) electrons. The van der Waals surface area contributed by atoms with Crippen molar-refractivity contribution in [1.82, 2.24) is 19.1 Å². The number of aromatic amines is 1. The molecule has 1 unspecified atom stereocenters. The Morgan fingerprint density at radius 3 is 2.86 bits per heavy atom. The molecule has 1 atom stereocenters. The molecule has 1 saturated heterocycles. The molecule has 0 aromatic carbocycles. The summed E-state index contributed by atoms with van der Waals surface area (Å²) in [5.41, 5.74) is 5.63. The number of hydrogen-bond donors (Lipinski definition) is 2. The van der Waals surface area contributed by atoms with E-state index in [2.05, 4.69) is 9.97 Å². The molecule has 9 nitrogen and oxygen atoms in total. The van der Waals surface area contributed by atoms with Gasteiger partial charge in [-0.1, -0.05) is 0 Å². The number of morpholine rings is 1. The monoisotopic (exact) mass is 294 g/mol. The molecule has 2 aromatic heterocycles. The van der Waals surface area contributed by atoms with Gasteiger partial charge in [0, 0.05) is 27.2 Å². The molecule has 114 valence electrons. The number of ether oxygens (including phenoxy) is 1. The predicted octanol–water partition coefficient (Wildman–Crippen LogP) is -1.88. The van der Waals surface area contributed by atoms with Crippen LogP contribution in [0.3, 0.4) is 0 Å². The average Bonchev–Trinajstić information content (AvgIpc) is 2.96. The van der Waals surface area contributed by atoms with E-state index in [4.69, 9.17) is 10.5 Å². The van der Waals surface area contributed by atoms with Crippen molar-refractivity contribution in [2.75, 3.05) is 31.2 Å². The number of aromatic nitrogens is 4. The number of fused-ring (bicyclic) bond motifs is 1. The van der Waals surface area contributed by atoms with Crippen LogP contribution in [0.5, 0.6) is 0 Å². The van der Waals surface area contributed by atoms with Gasteiger partial charge >= 0.3 is 5.69 Å². The Morgan fingerprint density at radius 2 is 2.14 bits per heavy atom. The van der Waals surface area contributed by atoms with Crippen molar-refractivity contribution in [1.29, 1.82) is 0 Å². The molecule has 0 bridgehead atoms. The summed E-state index contributed by atoms with van der Waals surface area (Å²) in [6, 6.07) is 0.000178. The number of nitrogens with two attached hydrogens (primary N) is 1. The Kier molecular flexibility index (Phi) is 3.30. The second-order valence-corrected chi connectivity index (χ2v) is 5.12. The van der Waals surface area contributed by atoms with Crippen molar-refractivity contribution in [3.63, 3.8) is 0 Å². The minimum Gasteiger partial charge on any atom is -0.377 e. The van der Waals surface area contributed by atoms with Crippen molar-refractivity contribution >= 4 is 17.1 Å². The third-order valence-corrected chi connectivity index (χ3v) is 3.85. The Labute approximate surface area is 119 Å². The van der Waals surface area contributed by atoms with E-state index in [9.17, 15) is 9.59 Å². The third kappa shape index (κ3) is 2.05. The first kappa shape index (κ1) is 13.8. The van der Waals surface area contributed by atoms with Gasteiger partial charge in [0.1, 0.15) is 0 Å². The molecule has 1 fully saturated rings. The maximum atomic E-state index is 12.2. The molecule has 1 aliphatic rings. The van der Waals surface area contributed by atoms with Crippen molar-refractivity contribution in [2.24, 2.45) is 19.8 Å². The fourth-order valence-electron chi connectivity index (χ4n) is 2.58. The Morgan fingerprint density at radius 1 is 1.38 bits per heavy atom. The molecule has 0 aliphatic carbocycles. The van der Waals surface area contributed by atoms with Crippen LogP contribution in [0.25, 0.3) is 11.2 Å². The molecule has 3 N–H and O–H groups in total. The molecule has 1 aliphatic heterocycles. The fourth-order valence-corrected chi connectivity index (χ4v) is 2.58. The number of anilines is 1. The van der Waals surface area contributed by atoms with Crippen molar-refractivity contribution in [3.8, 4) is 0 Å². The van der Waals surface area contributed by atoms with E-state index < -0.39 is 5.69 Å². The van der Waals surface area contributed by atoms with Gasteiger partial charge in [-0.3, -0.25) is 13.9 Å². The first-order valence-electron chi connectivity index (χ1n) is 6.74. The zero-order chi connectivity index (χ0) is 15.1. The maximum absolute atomic E-state index is 12.2. The highest BCUT2D eigenvalue weighted by atomic mass is 16.5. The van der Waals surface area contributed by atoms with Gasteiger partial charge in [-0.05, 0) is 0 Å². The van der Waals surface area contributed by atoms with Gasteiger partial charge in [0.05, 0.1) is 19.3 Å². The Hall–Kier alpha value is -2.13. The first-order valence-corrected chi connectivity index (χ1v) is 6.74. The van der Waals surface area contributed by atoms with E-state index in [0.29, 0.717) is 43.4 Å². The average molecular weight is 294 g/mol. The van der Waals surface area contributed by atoms with E-state index in [1.54, 1.807) is 7.05 Å². The van der Waals surface area contributed by atoms with Crippen molar-refractivity contribution in [2.45, 2.75) is 6.04 Å². The highest BCUT2D eigenvalue weighted by molar-refractivity contribution is 5.73. The molecule has 2 aromatic rings. The van der Waals surface area contributed by atoms with Gasteiger partial charge in [-0.25, -0.2) is 4.79 Å². The summed E-state index contributed by atoms with van der Waals surface area (Å²) < 4.78 is 7.82. The SMILES string of the molecule is Cn1c(=O)c2[nH]c(N3CCOCC3CN)nc2n(C)c1=O. The molecular weight excluding hydrogens is 276 g/mol. The summed E-state index contributed by atoms with van der Waals surface area (Å²) in [7, 11) is 3.04. The number of imidazole rings is 1. The van der Waals surface area contributed by atoms with Gasteiger partial charge < -0.3 is 20.4 Å². The van der Waals surface area contributed by atoms with E-state index in [1.807, 2.05) is 4.90 Å². The van der Waals surface area contributed by atoms with Crippen LogP contribution in [0.2, 0.25) is 0 Å². The number of nitrogens with one attached hydrogen (secondary N) is 1. The highest BCUT2D eigenvalue weighted by Gasteiger charge is 2.25. The van der Waals surface area contributed by atoms with Crippen LogP contribution in [-0.4, -0.2) is 51.4 Å². The van der Waals surface area contributed by atoms with E-state index in [-0.39, 0.29) is 11.6 Å². The standard InChI is InChI=1S/C12H18N6O3/c1-16-9-8(10(19)17(2)12(16)20)14-11(15-9)18-3-4-21-6-7(18)5-13/h7H,3-6,13H2,1-2H3,(H,14,15). The van der Waals surface area contributed by atoms with Gasteiger partial charge in [-0.15, -0.1) is 0 Å². The molecule has 21 heavy (non-hydrogen) atoms. The van der Waals surface area contributed by atoms with Crippen LogP contribution in [0.1, 0.15) is 0 Å². The van der Waals surface area contributed by atoms with Gasteiger partial charge in [0.2, 0.25) is 5.95 Å². The van der Waals surface area contributed by atoms with Crippen molar-refractivity contribution < 1.29 is 4.74 Å². The molecule has 0 spiro atoms. The first-order chi connectivity index (χ1) is 10.0. The summed E-state index contributed by atoms with van der Waals surface area (Å²) in [6.45, 7) is 2.15. The van der Waals surface area contributed by atoms with Gasteiger partial charge in [0.25, 0.3) is 5.56 Å². The number of nitrogens with zero attached hydrogens (tertiary/aromatic N) is 4. The predicted molar refractivity (Wildman–Crippen MR) is 77.6 cm³/mol. The fraction of sp³-hybridized carbons (Fsp3) is 0.583. The number of H-pyrrole nitrogens is 1. The quantitative estimate of drug-likeness (QED) is 0.671. The number of hydrogen-bond acceptors (Lipinski definition) is 6. The zero-order valence-electron chi connectivity index (χ0n) is 12.0. The lowest BCUT2D eigenvalue weighted by atomic mass is 10.2. The lowest BCUT2D eigenvalue weighted by molar-refractivity contribution is 0.0955. The zero-order valence-corrected chi connectivity index (χ0v) is 12.0. The van der Waals surface area contributed by atoms with Crippen LogP contribution in [-0.2, 0) is 18.8 Å². The van der Waals surface area contributed by atoms with Crippen molar-refractivity contribution in [3.05, 3.63) is 20.8 Å². The van der Waals surface area contributed by atoms with Crippen LogP contribution in [0.15, 0.2) is 9.59 Å². The Balaban J connectivity index is 2.17. The second-order valence-electron chi connectivity index (χ2n) is 5.12. The number of rotatable bonds is 2. The molecule has 0 amide bonds. The topological polar surface area (TPSA) is 111 Å². The van der Waals surface area contributed by atoms with Gasteiger partial charge in [0.15, 0.2) is 11.2 Å². The maximum Gasteiger partial charge on any atom is 0.332 e. The summed E-state index contributed by atoms with van der Waals surface area (Å²) in [4.78, 5) is 33.5. The molecule has 0 saturated carbocycles. The summed E-state index contributed by atoms with van der Waals surface area (Å²) in [5, 5.41) is 0. The highest BCUT2D eigenvalue weighted by Crippen LogP contribution is 2.18. The molecule has 9 heteroatoms. The second kappa shape index (κ2) is 5.01. The minimum absolute atomic E-state index is 0.000178. The normalized spacial score (nSPS) is 19.4. The smallest absolute Gasteiger partial charge is 0.332 e. The molecular formula is C12H18N6O3. The lowest BCUT2D eigenvalue weighted by Gasteiger charge is -2.34. The summed E-state index contributed by atoms with van der Waals surface area (Å²) in [6.07, 6.45) is 0.